The molecule has 0 amide bonds. The first-order valence-electron chi connectivity index (χ1n) is 4.00. The van der Waals surface area contributed by atoms with Gasteiger partial charge in [-0.25, -0.2) is 9.36 Å². The zero-order chi connectivity index (χ0) is 9.31. The maximum absolute atomic E-state index is 6.05. The molecule has 0 aliphatic rings. The molecule has 68 valence electrons. The van der Waals surface area contributed by atoms with E-state index in [0.29, 0.717) is 0 Å². The quantitative estimate of drug-likeness (QED) is 0.713. The summed E-state index contributed by atoms with van der Waals surface area (Å²) in [6, 6.07) is 3.66. The maximum Gasteiger partial charge on any atom is 0.202 e. The SMILES string of the molecule is CC(N)(n1cccn1)n1cccn1. The largest absolute Gasteiger partial charge is 0.288 e. The Labute approximate surface area is 75.8 Å². The highest BCUT2D eigenvalue weighted by molar-refractivity contribution is 4.89. The first-order chi connectivity index (χ1) is 6.21. The second-order valence-electron chi connectivity index (χ2n) is 3.00. The van der Waals surface area contributed by atoms with Crippen LogP contribution in [0, 0.1) is 0 Å². The third-order valence-corrected chi connectivity index (χ3v) is 1.94. The second kappa shape index (κ2) is 2.70. The molecule has 0 atom stereocenters. The average molecular weight is 177 g/mol. The van der Waals surface area contributed by atoms with Crippen molar-refractivity contribution in [3.63, 3.8) is 0 Å². The van der Waals surface area contributed by atoms with E-state index in [1.165, 1.54) is 0 Å². The molecule has 0 aromatic carbocycles. The molecule has 0 aliphatic carbocycles. The van der Waals surface area contributed by atoms with Gasteiger partial charge in [-0.05, 0) is 19.1 Å². The molecule has 2 aromatic heterocycles. The van der Waals surface area contributed by atoms with Crippen LogP contribution in [0.4, 0.5) is 0 Å². The minimum atomic E-state index is -0.743. The predicted molar refractivity (Wildman–Crippen MR) is 47.7 cm³/mol. The summed E-state index contributed by atoms with van der Waals surface area (Å²) in [5.74, 6) is -0.743. The lowest BCUT2D eigenvalue weighted by molar-refractivity contribution is 0.217. The molecule has 0 aliphatic heterocycles. The molecule has 0 unspecified atom stereocenters. The van der Waals surface area contributed by atoms with Crippen molar-refractivity contribution in [2.45, 2.75) is 12.7 Å². The molecule has 2 heterocycles. The highest BCUT2D eigenvalue weighted by Gasteiger charge is 2.22. The second-order valence-corrected chi connectivity index (χ2v) is 3.00. The molecule has 0 saturated carbocycles. The minimum absolute atomic E-state index is 0.743. The van der Waals surface area contributed by atoms with Gasteiger partial charge >= 0.3 is 0 Å². The molecule has 2 aromatic rings. The Bertz CT molecular complexity index is 323. The monoisotopic (exact) mass is 177 g/mol. The standard InChI is InChI=1S/C8H11N5/c1-8(9,12-6-2-4-10-12)13-7-3-5-11-13/h2-7H,9H2,1H3. The van der Waals surface area contributed by atoms with Crippen LogP contribution in [0.1, 0.15) is 6.92 Å². The fraction of sp³-hybridized carbons (Fsp3) is 0.250. The van der Waals surface area contributed by atoms with Crippen molar-refractivity contribution in [3.8, 4) is 0 Å². The molecule has 0 radical (unpaired) electrons. The maximum atomic E-state index is 6.05. The lowest BCUT2D eigenvalue weighted by atomic mass is 10.4. The third kappa shape index (κ3) is 1.23. The van der Waals surface area contributed by atoms with E-state index < -0.39 is 5.79 Å². The van der Waals surface area contributed by atoms with E-state index in [1.54, 1.807) is 21.8 Å². The molecule has 0 bridgehead atoms. The summed E-state index contributed by atoms with van der Waals surface area (Å²) in [6.07, 6.45) is 6.99. The topological polar surface area (TPSA) is 61.7 Å². The first-order valence-corrected chi connectivity index (χ1v) is 4.00. The van der Waals surface area contributed by atoms with Crippen molar-refractivity contribution < 1.29 is 0 Å². The lowest BCUT2D eigenvalue weighted by Gasteiger charge is -2.25. The van der Waals surface area contributed by atoms with E-state index in [4.69, 9.17) is 5.73 Å². The van der Waals surface area contributed by atoms with Gasteiger partial charge in [0.05, 0.1) is 0 Å². The number of aromatic nitrogens is 4. The summed E-state index contributed by atoms with van der Waals surface area (Å²) in [7, 11) is 0. The molecule has 13 heavy (non-hydrogen) atoms. The molecular weight excluding hydrogens is 166 g/mol. The van der Waals surface area contributed by atoms with Gasteiger partial charge in [-0.1, -0.05) is 0 Å². The van der Waals surface area contributed by atoms with Gasteiger partial charge in [0, 0.05) is 24.8 Å². The Balaban J connectivity index is 2.42. The Kier molecular flexibility index (Phi) is 1.66. The normalized spacial score (nSPS) is 11.8. The third-order valence-electron chi connectivity index (χ3n) is 1.94. The lowest BCUT2D eigenvalue weighted by Crippen LogP contribution is -2.47. The van der Waals surface area contributed by atoms with Crippen LogP contribution in [-0.2, 0) is 5.79 Å². The van der Waals surface area contributed by atoms with Crippen LogP contribution in [0.5, 0.6) is 0 Å². The number of rotatable bonds is 2. The van der Waals surface area contributed by atoms with Crippen molar-refractivity contribution in [1.82, 2.24) is 19.6 Å². The van der Waals surface area contributed by atoms with E-state index in [-0.39, 0.29) is 0 Å². The Morgan fingerprint density at radius 2 is 1.54 bits per heavy atom. The summed E-state index contributed by atoms with van der Waals surface area (Å²) < 4.78 is 3.31. The van der Waals surface area contributed by atoms with Gasteiger partial charge in [0.25, 0.3) is 0 Å². The van der Waals surface area contributed by atoms with Crippen LogP contribution in [0.15, 0.2) is 36.9 Å². The van der Waals surface area contributed by atoms with Crippen molar-refractivity contribution >= 4 is 0 Å². The molecular formula is C8H11N5. The van der Waals surface area contributed by atoms with Crippen LogP contribution < -0.4 is 5.73 Å². The van der Waals surface area contributed by atoms with E-state index in [1.807, 2.05) is 31.5 Å². The van der Waals surface area contributed by atoms with E-state index >= 15 is 0 Å². The number of nitrogens with zero attached hydrogens (tertiary/aromatic N) is 4. The number of hydrogen-bond acceptors (Lipinski definition) is 3. The highest BCUT2D eigenvalue weighted by atomic mass is 15.5. The van der Waals surface area contributed by atoms with Crippen LogP contribution in [0.2, 0.25) is 0 Å². The molecule has 0 spiro atoms. The van der Waals surface area contributed by atoms with Gasteiger partial charge in [-0.3, -0.25) is 5.73 Å². The van der Waals surface area contributed by atoms with E-state index in [9.17, 15) is 0 Å². The summed E-state index contributed by atoms with van der Waals surface area (Å²) in [6.45, 7) is 1.84. The minimum Gasteiger partial charge on any atom is -0.288 e. The van der Waals surface area contributed by atoms with Crippen LogP contribution in [-0.4, -0.2) is 19.6 Å². The van der Waals surface area contributed by atoms with Gasteiger partial charge in [-0.15, -0.1) is 0 Å². The summed E-state index contributed by atoms with van der Waals surface area (Å²) in [5.41, 5.74) is 6.05. The fourth-order valence-electron chi connectivity index (χ4n) is 1.18. The Morgan fingerprint density at radius 1 is 1.08 bits per heavy atom. The zero-order valence-corrected chi connectivity index (χ0v) is 7.33. The van der Waals surface area contributed by atoms with E-state index in [0.717, 1.165) is 0 Å². The molecule has 0 fully saturated rings. The molecule has 2 rings (SSSR count). The smallest absolute Gasteiger partial charge is 0.202 e. The summed E-state index contributed by atoms with van der Waals surface area (Å²) in [4.78, 5) is 0. The van der Waals surface area contributed by atoms with Gasteiger partial charge in [0.1, 0.15) is 0 Å². The van der Waals surface area contributed by atoms with Crippen molar-refractivity contribution in [2.24, 2.45) is 5.73 Å². The number of nitrogens with two attached hydrogens (primary N) is 1. The predicted octanol–water partition coefficient (Wildman–Crippen LogP) is 0.217. The van der Waals surface area contributed by atoms with E-state index in [2.05, 4.69) is 10.2 Å². The van der Waals surface area contributed by atoms with Gasteiger partial charge in [-0.2, -0.15) is 10.2 Å². The Morgan fingerprint density at radius 3 is 1.85 bits per heavy atom. The van der Waals surface area contributed by atoms with Gasteiger partial charge in [0.15, 0.2) is 0 Å². The summed E-state index contributed by atoms with van der Waals surface area (Å²) >= 11 is 0. The first kappa shape index (κ1) is 8.00. The summed E-state index contributed by atoms with van der Waals surface area (Å²) in [5, 5.41) is 8.15. The fourth-order valence-corrected chi connectivity index (χ4v) is 1.18. The molecule has 0 saturated heterocycles. The molecule has 5 heteroatoms. The Hall–Kier alpha value is -1.62. The van der Waals surface area contributed by atoms with Gasteiger partial charge < -0.3 is 0 Å². The molecule has 2 N–H and O–H groups in total. The zero-order valence-electron chi connectivity index (χ0n) is 7.33. The van der Waals surface area contributed by atoms with Crippen LogP contribution in [0.3, 0.4) is 0 Å². The van der Waals surface area contributed by atoms with Crippen molar-refractivity contribution in [3.05, 3.63) is 36.9 Å². The average Bonchev–Trinajstić information content (AvgIpc) is 2.78. The molecule has 5 nitrogen and oxygen atoms in total. The highest BCUT2D eigenvalue weighted by Crippen LogP contribution is 2.08. The van der Waals surface area contributed by atoms with Crippen molar-refractivity contribution in [2.75, 3.05) is 0 Å². The van der Waals surface area contributed by atoms with Gasteiger partial charge in [0.2, 0.25) is 5.79 Å². The van der Waals surface area contributed by atoms with Crippen LogP contribution in [0.25, 0.3) is 0 Å². The number of hydrogen-bond donors (Lipinski definition) is 1. The van der Waals surface area contributed by atoms with Crippen LogP contribution >= 0.6 is 0 Å². The van der Waals surface area contributed by atoms with Crippen molar-refractivity contribution in [1.29, 1.82) is 0 Å².